The van der Waals surface area contributed by atoms with Gasteiger partial charge in [0.25, 0.3) is 0 Å². The summed E-state index contributed by atoms with van der Waals surface area (Å²) < 4.78 is 35.6. The topological polar surface area (TPSA) is 43.4 Å². The third-order valence-corrected chi connectivity index (χ3v) is 27.7. The first-order valence-electron chi connectivity index (χ1n) is 9.80. The number of ether oxygens (including phenoxy) is 1. The van der Waals surface area contributed by atoms with Gasteiger partial charge in [0, 0.05) is 0 Å². The summed E-state index contributed by atoms with van der Waals surface area (Å²) in [5.41, 5.74) is 0. The molecular weight excluding hydrogens is 439 g/mol. The normalized spacial score (nSPS) is 12.3. The maximum absolute atomic E-state index is 13.1. The summed E-state index contributed by atoms with van der Waals surface area (Å²) in [6, 6.07) is 6.94. The molecule has 0 heterocycles. The molecule has 0 saturated carbocycles. The van der Waals surface area contributed by atoms with E-state index in [1.165, 1.54) is 51.8 Å². The quantitative estimate of drug-likeness (QED) is 0.336. The fourth-order valence-corrected chi connectivity index (χ4v) is 29.1. The minimum atomic E-state index is -3.20. The fraction of sp³-hybridized carbons (Fsp3) is 0.700. The second kappa shape index (κ2) is 11.5. The van der Waals surface area contributed by atoms with Crippen molar-refractivity contribution in [1.82, 2.24) is 0 Å². The minimum absolute atomic E-state index is 0.471. The van der Waals surface area contributed by atoms with E-state index in [0.717, 1.165) is 0 Å². The molecule has 0 N–H and O–H groups in total. The summed E-state index contributed by atoms with van der Waals surface area (Å²) in [4.78, 5) is 0.471. The Hall–Kier alpha value is -0.231. The van der Waals surface area contributed by atoms with Gasteiger partial charge in [0.05, 0.1) is 0 Å². The molecule has 1 rings (SSSR count). The molecule has 0 amide bonds. The molecule has 144 valence electrons. The Morgan fingerprint density at radius 3 is 1.64 bits per heavy atom. The van der Waals surface area contributed by atoms with Crippen molar-refractivity contribution >= 4 is 28.2 Å². The molecule has 0 radical (unpaired) electrons. The number of hydrogen-bond donors (Lipinski definition) is 0. The van der Waals surface area contributed by atoms with E-state index in [1.54, 1.807) is 31.4 Å². The summed E-state index contributed by atoms with van der Waals surface area (Å²) in [7, 11) is -1.59. The molecule has 25 heavy (non-hydrogen) atoms. The number of benzene rings is 1. The Labute approximate surface area is 159 Å². The molecule has 3 nitrogen and oxygen atoms in total. The van der Waals surface area contributed by atoms with Crippen LogP contribution in [0.3, 0.4) is 0 Å². The van der Waals surface area contributed by atoms with Crippen molar-refractivity contribution in [3.05, 3.63) is 24.3 Å². The third kappa shape index (κ3) is 7.49. The Morgan fingerprint density at radius 2 is 1.28 bits per heavy atom. The average Bonchev–Trinajstić information content (AvgIpc) is 2.62. The van der Waals surface area contributed by atoms with E-state index in [1.807, 2.05) is 0 Å². The van der Waals surface area contributed by atoms with Gasteiger partial charge in [-0.1, -0.05) is 0 Å². The molecule has 0 aliphatic rings. The van der Waals surface area contributed by atoms with Gasteiger partial charge in [-0.25, -0.2) is 0 Å². The van der Waals surface area contributed by atoms with Crippen molar-refractivity contribution < 1.29 is 13.2 Å². The van der Waals surface area contributed by atoms with Gasteiger partial charge in [-0.3, -0.25) is 0 Å². The molecule has 0 spiro atoms. The second-order valence-corrected chi connectivity index (χ2v) is 24.6. The first kappa shape index (κ1) is 22.8. The predicted octanol–water partition coefficient (Wildman–Crippen LogP) is 5.86. The SMILES string of the molecule is CCC[CH2][Sn]([CH2]CCC)([CH2]CCC)[CH2]S(=O)(=O)c1ccc(OC)cc1. The van der Waals surface area contributed by atoms with Crippen molar-refractivity contribution in [2.24, 2.45) is 0 Å². The molecule has 0 atom stereocenters. The number of unbranched alkanes of at least 4 members (excludes halogenated alkanes) is 3. The Balaban J connectivity index is 3.08. The molecule has 0 saturated heterocycles. The van der Waals surface area contributed by atoms with E-state index < -0.39 is 28.2 Å². The van der Waals surface area contributed by atoms with Crippen LogP contribution in [0.15, 0.2) is 29.2 Å². The molecule has 1 aromatic rings. The van der Waals surface area contributed by atoms with Gasteiger partial charge in [0.1, 0.15) is 0 Å². The number of sulfone groups is 1. The Bertz CT molecular complexity index is 560. The van der Waals surface area contributed by atoms with E-state index in [9.17, 15) is 8.42 Å². The zero-order valence-corrected chi connectivity index (χ0v) is 20.2. The van der Waals surface area contributed by atoms with Gasteiger partial charge in [-0.2, -0.15) is 0 Å². The second-order valence-electron chi connectivity index (χ2n) is 7.25. The summed E-state index contributed by atoms with van der Waals surface area (Å²) in [5.74, 6) is 0.705. The van der Waals surface area contributed by atoms with Crippen LogP contribution in [0.25, 0.3) is 0 Å². The van der Waals surface area contributed by atoms with Crippen molar-refractivity contribution in [2.75, 3.05) is 10.9 Å². The summed E-state index contributed by atoms with van der Waals surface area (Å²) in [6.07, 6.45) is 7.09. The summed E-state index contributed by atoms with van der Waals surface area (Å²) >= 11 is -2.71. The van der Waals surface area contributed by atoms with E-state index >= 15 is 0 Å². The van der Waals surface area contributed by atoms with Crippen LogP contribution < -0.4 is 4.74 Å². The van der Waals surface area contributed by atoms with Crippen LogP contribution in [-0.2, 0) is 9.84 Å². The zero-order valence-electron chi connectivity index (χ0n) is 16.5. The maximum atomic E-state index is 13.1. The third-order valence-electron chi connectivity index (χ3n) is 5.10. The van der Waals surface area contributed by atoms with Crippen molar-refractivity contribution in [2.45, 2.75) is 77.5 Å². The standard InChI is InChI=1S/C8H9O3S.3C4H9.Sn/c1-11-7-3-5-8(6-4-7)12(2,9)10;3*1-3-4-2;/h3-6H,2H2,1H3;3*1,3-4H2,2H3;. The van der Waals surface area contributed by atoms with Crippen LogP contribution in [0, 0.1) is 0 Å². The molecule has 0 aliphatic heterocycles. The molecule has 0 bridgehead atoms. The first-order chi connectivity index (χ1) is 11.9. The van der Waals surface area contributed by atoms with Gasteiger partial charge in [-0.15, -0.1) is 0 Å². The van der Waals surface area contributed by atoms with Crippen LogP contribution in [0.5, 0.6) is 5.75 Å². The number of hydrogen-bond acceptors (Lipinski definition) is 3. The van der Waals surface area contributed by atoms with E-state index in [0.29, 0.717) is 14.4 Å². The van der Waals surface area contributed by atoms with Crippen LogP contribution in [0.1, 0.15) is 59.3 Å². The van der Waals surface area contributed by atoms with E-state index in [-0.39, 0.29) is 0 Å². The molecule has 0 fully saturated rings. The fourth-order valence-electron chi connectivity index (χ4n) is 3.52. The molecule has 0 unspecified atom stereocenters. The van der Waals surface area contributed by atoms with Crippen molar-refractivity contribution in [1.29, 1.82) is 0 Å². The summed E-state index contributed by atoms with van der Waals surface area (Å²) in [5, 5.41) is 0. The first-order valence-corrected chi connectivity index (χ1v) is 19.5. The molecule has 0 aliphatic carbocycles. The van der Waals surface area contributed by atoms with Gasteiger partial charge in [0.2, 0.25) is 0 Å². The van der Waals surface area contributed by atoms with Gasteiger partial charge in [-0.05, 0) is 0 Å². The Kier molecular flexibility index (Phi) is 10.5. The molecule has 5 heteroatoms. The van der Waals surface area contributed by atoms with Crippen molar-refractivity contribution in [3.63, 3.8) is 0 Å². The van der Waals surface area contributed by atoms with Gasteiger partial charge >= 0.3 is 160 Å². The van der Waals surface area contributed by atoms with Crippen LogP contribution in [0.4, 0.5) is 0 Å². The average molecular weight is 475 g/mol. The van der Waals surface area contributed by atoms with Crippen molar-refractivity contribution in [3.8, 4) is 5.75 Å². The Morgan fingerprint density at radius 1 is 0.840 bits per heavy atom. The monoisotopic (exact) mass is 476 g/mol. The molecule has 0 aromatic heterocycles. The predicted molar refractivity (Wildman–Crippen MR) is 110 cm³/mol. The van der Waals surface area contributed by atoms with E-state index in [2.05, 4.69) is 20.8 Å². The number of methoxy groups -OCH3 is 1. The number of rotatable bonds is 13. The molecule has 1 aromatic carbocycles. The van der Waals surface area contributed by atoms with Gasteiger partial charge < -0.3 is 0 Å². The van der Waals surface area contributed by atoms with E-state index in [4.69, 9.17) is 4.74 Å². The zero-order chi connectivity index (χ0) is 18.8. The van der Waals surface area contributed by atoms with Crippen LogP contribution in [-0.4, -0.2) is 37.7 Å². The van der Waals surface area contributed by atoms with Crippen LogP contribution >= 0.6 is 0 Å². The molecular formula is C20H36O3SSn. The summed E-state index contributed by atoms with van der Waals surface area (Å²) in [6.45, 7) is 6.65. The van der Waals surface area contributed by atoms with Gasteiger partial charge in [0.15, 0.2) is 0 Å². The van der Waals surface area contributed by atoms with Crippen LogP contribution in [0.2, 0.25) is 13.3 Å².